The molecule has 0 bridgehead atoms. The lowest BCUT2D eigenvalue weighted by molar-refractivity contribution is -0.384. The zero-order valence-corrected chi connectivity index (χ0v) is 15.7. The Morgan fingerprint density at radius 1 is 1.19 bits per heavy atom. The molecule has 1 aromatic heterocycles. The molecule has 8 nitrogen and oxygen atoms in total. The average Bonchev–Trinajstić information content (AvgIpc) is 2.62. The minimum atomic E-state index is -0.412. The van der Waals surface area contributed by atoms with Crippen molar-refractivity contribution < 1.29 is 9.66 Å². The topological polar surface area (TPSA) is 92.6 Å². The van der Waals surface area contributed by atoms with Crippen LogP contribution in [0.1, 0.15) is 11.1 Å². The molecule has 3 rings (SSSR count). The third kappa shape index (κ3) is 5.38. The van der Waals surface area contributed by atoms with Gasteiger partial charge >= 0.3 is 5.69 Å². The van der Waals surface area contributed by atoms with Crippen molar-refractivity contribution in [2.75, 3.05) is 50.0 Å². The van der Waals surface area contributed by atoms with Gasteiger partial charge in [-0.2, -0.15) is 0 Å². The lowest BCUT2D eigenvalue weighted by atomic mass is 10.1. The van der Waals surface area contributed by atoms with Crippen molar-refractivity contribution >= 4 is 23.0 Å². The summed E-state index contributed by atoms with van der Waals surface area (Å²) >= 11 is 0. The van der Waals surface area contributed by atoms with Crippen molar-refractivity contribution in [1.29, 1.82) is 0 Å². The zero-order valence-electron chi connectivity index (χ0n) is 15.7. The van der Waals surface area contributed by atoms with E-state index in [-0.39, 0.29) is 11.5 Å². The molecule has 0 spiro atoms. The maximum absolute atomic E-state index is 11.3. The molecule has 1 aromatic carbocycles. The van der Waals surface area contributed by atoms with E-state index in [1.165, 1.54) is 6.07 Å². The van der Waals surface area contributed by atoms with E-state index in [1.807, 2.05) is 26.0 Å². The van der Waals surface area contributed by atoms with Crippen LogP contribution in [0.5, 0.6) is 0 Å². The van der Waals surface area contributed by atoms with Gasteiger partial charge in [-0.15, -0.1) is 0 Å². The van der Waals surface area contributed by atoms with E-state index < -0.39 is 4.92 Å². The molecule has 2 N–H and O–H groups in total. The predicted molar refractivity (Wildman–Crippen MR) is 106 cm³/mol. The molecule has 8 heteroatoms. The largest absolute Gasteiger partial charge is 0.379 e. The summed E-state index contributed by atoms with van der Waals surface area (Å²) < 4.78 is 5.33. The fourth-order valence-corrected chi connectivity index (χ4v) is 3.15. The third-order valence-corrected chi connectivity index (χ3v) is 4.39. The van der Waals surface area contributed by atoms with Gasteiger partial charge in [0, 0.05) is 37.9 Å². The molecule has 0 radical (unpaired) electrons. The van der Waals surface area contributed by atoms with E-state index in [4.69, 9.17) is 4.74 Å². The Hall–Kier alpha value is -2.71. The molecule has 1 aliphatic rings. The van der Waals surface area contributed by atoms with Gasteiger partial charge in [0.25, 0.3) is 0 Å². The van der Waals surface area contributed by atoms with Crippen LogP contribution in [0.4, 0.5) is 23.0 Å². The molecule has 1 saturated heterocycles. The van der Waals surface area contributed by atoms with Gasteiger partial charge in [-0.25, -0.2) is 4.98 Å². The van der Waals surface area contributed by atoms with Crippen LogP contribution in [0.15, 0.2) is 30.3 Å². The zero-order chi connectivity index (χ0) is 19.2. The van der Waals surface area contributed by atoms with Crippen LogP contribution in [-0.4, -0.2) is 54.2 Å². The number of benzene rings is 1. The van der Waals surface area contributed by atoms with Crippen LogP contribution in [0.3, 0.4) is 0 Å². The second kappa shape index (κ2) is 8.79. The van der Waals surface area contributed by atoms with E-state index >= 15 is 0 Å². The Kier molecular flexibility index (Phi) is 6.20. The molecular weight excluding hydrogens is 346 g/mol. The van der Waals surface area contributed by atoms with Crippen molar-refractivity contribution in [2.24, 2.45) is 0 Å². The maximum Gasteiger partial charge on any atom is 0.311 e. The monoisotopic (exact) mass is 371 g/mol. The molecule has 0 amide bonds. The van der Waals surface area contributed by atoms with Crippen molar-refractivity contribution in [3.63, 3.8) is 0 Å². The number of aryl methyl sites for hydroxylation is 2. The molecule has 0 aliphatic carbocycles. The van der Waals surface area contributed by atoms with Gasteiger partial charge in [0.2, 0.25) is 5.82 Å². The van der Waals surface area contributed by atoms with E-state index in [9.17, 15) is 10.1 Å². The number of morpholine rings is 1. The molecule has 144 valence electrons. The third-order valence-electron chi connectivity index (χ3n) is 4.39. The number of nitrogens with one attached hydrogen (secondary N) is 2. The van der Waals surface area contributed by atoms with E-state index in [0.29, 0.717) is 12.4 Å². The lowest BCUT2D eigenvalue weighted by Gasteiger charge is -2.26. The smallest absolute Gasteiger partial charge is 0.311 e. The van der Waals surface area contributed by atoms with Gasteiger partial charge in [0.1, 0.15) is 5.82 Å². The van der Waals surface area contributed by atoms with Crippen molar-refractivity contribution in [1.82, 2.24) is 9.88 Å². The van der Waals surface area contributed by atoms with Crippen LogP contribution in [0.2, 0.25) is 0 Å². The Bertz CT molecular complexity index is 786. The van der Waals surface area contributed by atoms with Gasteiger partial charge in [-0.3, -0.25) is 15.0 Å². The number of hydrogen-bond donors (Lipinski definition) is 2. The highest BCUT2D eigenvalue weighted by molar-refractivity contribution is 5.65. The SMILES string of the molecule is Cc1cc(C)cc(Nc2ccc([N+](=O)[O-])c(NCCN3CCOCC3)n2)c1. The quantitative estimate of drug-likeness (QED) is 0.571. The summed E-state index contributed by atoms with van der Waals surface area (Å²) in [6, 6.07) is 9.23. The first-order valence-electron chi connectivity index (χ1n) is 9.06. The van der Waals surface area contributed by atoms with Crippen LogP contribution in [-0.2, 0) is 4.74 Å². The number of rotatable bonds is 7. The molecule has 1 fully saturated rings. The Labute approximate surface area is 158 Å². The normalized spacial score (nSPS) is 14.7. The minimum absolute atomic E-state index is 0.0250. The van der Waals surface area contributed by atoms with Gasteiger partial charge in [-0.05, 0) is 43.2 Å². The maximum atomic E-state index is 11.3. The van der Waals surface area contributed by atoms with E-state index in [2.05, 4.69) is 26.6 Å². The molecule has 1 aliphatic heterocycles. The van der Waals surface area contributed by atoms with E-state index in [0.717, 1.165) is 49.7 Å². The van der Waals surface area contributed by atoms with Gasteiger partial charge in [0.15, 0.2) is 0 Å². The summed E-state index contributed by atoms with van der Waals surface area (Å²) in [6.07, 6.45) is 0. The van der Waals surface area contributed by atoms with Crippen molar-refractivity contribution in [3.05, 3.63) is 51.6 Å². The van der Waals surface area contributed by atoms with Gasteiger partial charge in [0.05, 0.1) is 18.1 Å². The van der Waals surface area contributed by atoms with Crippen molar-refractivity contribution in [2.45, 2.75) is 13.8 Å². The summed E-state index contributed by atoms with van der Waals surface area (Å²) in [5.41, 5.74) is 3.17. The highest BCUT2D eigenvalue weighted by atomic mass is 16.6. The molecule has 0 atom stereocenters. The number of nitro groups is 1. The molecule has 2 heterocycles. The first-order chi connectivity index (χ1) is 13.0. The number of anilines is 3. The summed E-state index contributed by atoms with van der Waals surface area (Å²) in [7, 11) is 0. The van der Waals surface area contributed by atoms with Gasteiger partial charge in [-0.1, -0.05) is 6.07 Å². The summed E-state index contributed by atoms with van der Waals surface area (Å²) in [6.45, 7) is 8.65. The molecular formula is C19H25N5O3. The standard InChI is InChI=1S/C19H25N5O3/c1-14-11-15(2)13-16(12-14)21-18-4-3-17(24(25)26)19(22-18)20-5-6-23-7-9-27-10-8-23/h3-4,11-13H,5-10H2,1-2H3,(H2,20,21,22). The number of ether oxygens (including phenoxy) is 1. The Morgan fingerprint density at radius 2 is 1.89 bits per heavy atom. The fourth-order valence-electron chi connectivity index (χ4n) is 3.15. The number of nitrogens with zero attached hydrogens (tertiary/aromatic N) is 3. The number of hydrogen-bond acceptors (Lipinski definition) is 7. The average molecular weight is 371 g/mol. The molecule has 0 unspecified atom stereocenters. The number of pyridine rings is 1. The predicted octanol–water partition coefficient (Wildman–Crippen LogP) is 3.09. The van der Waals surface area contributed by atoms with E-state index in [1.54, 1.807) is 6.07 Å². The minimum Gasteiger partial charge on any atom is -0.379 e. The highest BCUT2D eigenvalue weighted by Crippen LogP contribution is 2.26. The lowest BCUT2D eigenvalue weighted by Crippen LogP contribution is -2.39. The van der Waals surface area contributed by atoms with Crippen LogP contribution in [0, 0.1) is 24.0 Å². The molecule has 0 saturated carbocycles. The van der Waals surface area contributed by atoms with Crippen molar-refractivity contribution in [3.8, 4) is 0 Å². The Balaban J connectivity index is 1.70. The van der Waals surface area contributed by atoms with Crippen LogP contribution in [0.25, 0.3) is 0 Å². The first kappa shape index (κ1) is 19.1. The summed E-state index contributed by atoms with van der Waals surface area (Å²) in [5.74, 6) is 0.849. The Morgan fingerprint density at radius 3 is 2.56 bits per heavy atom. The highest BCUT2D eigenvalue weighted by Gasteiger charge is 2.17. The second-order valence-electron chi connectivity index (χ2n) is 6.70. The van der Waals surface area contributed by atoms with Crippen LogP contribution < -0.4 is 10.6 Å². The second-order valence-corrected chi connectivity index (χ2v) is 6.70. The number of aromatic nitrogens is 1. The molecule has 27 heavy (non-hydrogen) atoms. The fraction of sp³-hybridized carbons (Fsp3) is 0.421. The summed E-state index contributed by atoms with van der Waals surface area (Å²) in [4.78, 5) is 17.6. The first-order valence-corrected chi connectivity index (χ1v) is 9.06. The van der Waals surface area contributed by atoms with Crippen LogP contribution >= 0.6 is 0 Å². The summed E-state index contributed by atoms with van der Waals surface area (Å²) in [5, 5.41) is 17.7. The molecule has 2 aromatic rings. The van der Waals surface area contributed by atoms with Gasteiger partial charge < -0.3 is 15.4 Å².